The predicted octanol–water partition coefficient (Wildman–Crippen LogP) is 2.27. The first kappa shape index (κ1) is 14.8. The van der Waals surface area contributed by atoms with E-state index in [-0.39, 0.29) is 5.91 Å². The Bertz CT molecular complexity index is 461. The number of hydrazine groups is 1. The van der Waals surface area contributed by atoms with E-state index in [0.717, 1.165) is 31.8 Å². The molecule has 110 valence electrons. The Hall–Kier alpha value is -1.62. The van der Waals surface area contributed by atoms with E-state index in [0.29, 0.717) is 17.3 Å². The van der Waals surface area contributed by atoms with Crippen molar-refractivity contribution in [1.82, 2.24) is 9.88 Å². The molecule has 1 unspecified atom stereocenters. The molecule has 2 heterocycles. The first-order valence-corrected chi connectivity index (χ1v) is 7.33. The highest BCUT2D eigenvalue weighted by Crippen LogP contribution is 2.25. The van der Waals surface area contributed by atoms with Crippen LogP contribution in [0.3, 0.4) is 0 Å². The van der Waals surface area contributed by atoms with E-state index in [1.54, 1.807) is 18.3 Å². The summed E-state index contributed by atoms with van der Waals surface area (Å²) < 4.78 is 0. The second kappa shape index (κ2) is 6.70. The van der Waals surface area contributed by atoms with Crippen LogP contribution in [0.1, 0.15) is 43.6 Å². The van der Waals surface area contributed by atoms with Crippen LogP contribution in [0, 0.1) is 11.8 Å². The molecule has 2 rings (SSSR count). The highest BCUT2D eigenvalue weighted by atomic mass is 16.2. The summed E-state index contributed by atoms with van der Waals surface area (Å²) in [7, 11) is 0. The van der Waals surface area contributed by atoms with E-state index in [4.69, 9.17) is 5.84 Å². The van der Waals surface area contributed by atoms with Gasteiger partial charge in [0.25, 0.3) is 5.91 Å². The molecule has 1 aromatic heterocycles. The second-order valence-corrected chi connectivity index (χ2v) is 5.80. The van der Waals surface area contributed by atoms with Crippen molar-refractivity contribution in [2.45, 2.75) is 33.1 Å². The fourth-order valence-electron chi connectivity index (χ4n) is 2.79. The highest BCUT2D eigenvalue weighted by Gasteiger charge is 2.23. The Balaban J connectivity index is 2.05. The van der Waals surface area contributed by atoms with Crippen molar-refractivity contribution in [2.24, 2.45) is 17.7 Å². The molecule has 5 nitrogen and oxygen atoms in total. The van der Waals surface area contributed by atoms with Gasteiger partial charge in [-0.3, -0.25) is 15.6 Å². The number of anilines is 1. The number of hydrogen-bond acceptors (Lipinski definition) is 4. The van der Waals surface area contributed by atoms with Gasteiger partial charge in [-0.05, 0) is 43.2 Å². The van der Waals surface area contributed by atoms with Gasteiger partial charge in [-0.2, -0.15) is 0 Å². The zero-order chi connectivity index (χ0) is 14.5. The molecule has 1 aliphatic rings. The van der Waals surface area contributed by atoms with Crippen LogP contribution >= 0.6 is 0 Å². The van der Waals surface area contributed by atoms with E-state index in [1.807, 2.05) is 4.90 Å². The number of pyridine rings is 1. The van der Waals surface area contributed by atoms with Gasteiger partial charge in [-0.15, -0.1) is 0 Å². The number of hydrogen-bond donors (Lipinski definition) is 2. The fraction of sp³-hybridized carbons (Fsp3) is 0.600. The zero-order valence-electron chi connectivity index (χ0n) is 12.3. The number of likely N-dealkylation sites (tertiary alicyclic amines) is 1. The van der Waals surface area contributed by atoms with Gasteiger partial charge in [0, 0.05) is 19.3 Å². The van der Waals surface area contributed by atoms with Gasteiger partial charge in [0.05, 0.1) is 5.69 Å². The van der Waals surface area contributed by atoms with Crippen molar-refractivity contribution >= 4 is 11.6 Å². The first-order chi connectivity index (χ1) is 9.61. The van der Waals surface area contributed by atoms with Gasteiger partial charge in [0.1, 0.15) is 5.69 Å². The van der Waals surface area contributed by atoms with E-state index < -0.39 is 0 Å². The maximum absolute atomic E-state index is 12.5. The Morgan fingerprint density at radius 1 is 1.45 bits per heavy atom. The molecular weight excluding hydrogens is 252 g/mol. The molecule has 1 atom stereocenters. The first-order valence-electron chi connectivity index (χ1n) is 7.33. The third-order valence-electron chi connectivity index (χ3n) is 4.15. The summed E-state index contributed by atoms with van der Waals surface area (Å²) >= 11 is 0. The molecule has 1 fully saturated rings. The molecule has 20 heavy (non-hydrogen) atoms. The lowest BCUT2D eigenvalue weighted by Crippen LogP contribution is -2.32. The molecule has 0 saturated carbocycles. The lowest BCUT2D eigenvalue weighted by Gasteiger charge is -2.21. The van der Waals surface area contributed by atoms with Crippen LogP contribution in [-0.4, -0.2) is 28.9 Å². The van der Waals surface area contributed by atoms with Gasteiger partial charge in [0.2, 0.25) is 0 Å². The van der Waals surface area contributed by atoms with Crippen molar-refractivity contribution < 1.29 is 4.79 Å². The van der Waals surface area contributed by atoms with Crippen LogP contribution in [0.2, 0.25) is 0 Å². The minimum Gasteiger partial charge on any atom is -0.337 e. The predicted molar refractivity (Wildman–Crippen MR) is 80.1 cm³/mol. The molecule has 0 radical (unpaired) electrons. The average molecular weight is 276 g/mol. The van der Waals surface area contributed by atoms with Crippen LogP contribution in [0.5, 0.6) is 0 Å². The minimum absolute atomic E-state index is 0.00602. The maximum atomic E-state index is 12.5. The standard InChI is InChI=1S/C15H24N4O/c1-11(2)12-4-3-8-19(9-6-12)15(20)14-10-13(18-16)5-7-17-14/h5,7,10-12H,3-4,6,8-9,16H2,1-2H3,(H,17,18). The largest absolute Gasteiger partial charge is 0.337 e. The van der Waals surface area contributed by atoms with Gasteiger partial charge >= 0.3 is 0 Å². The molecule has 1 amide bonds. The maximum Gasteiger partial charge on any atom is 0.272 e. The molecule has 0 bridgehead atoms. The average Bonchev–Trinajstić information content (AvgIpc) is 2.72. The summed E-state index contributed by atoms with van der Waals surface area (Å²) in [6.07, 6.45) is 4.97. The topological polar surface area (TPSA) is 71.2 Å². The molecule has 1 aliphatic heterocycles. The van der Waals surface area contributed by atoms with Crippen LogP contribution < -0.4 is 11.3 Å². The van der Waals surface area contributed by atoms with E-state index in [9.17, 15) is 4.79 Å². The van der Waals surface area contributed by atoms with Gasteiger partial charge in [-0.1, -0.05) is 13.8 Å². The summed E-state index contributed by atoms with van der Waals surface area (Å²) in [6, 6.07) is 3.45. The van der Waals surface area contributed by atoms with Crippen LogP contribution in [0.15, 0.2) is 18.3 Å². The third-order valence-corrected chi connectivity index (χ3v) is 4.15. The molecule has 5 heteroatoms. The number of carbonyl (C=O) groups excluding carboxylic acids is 1. The summed E-state index contributed by atoms with van der Waals surface area (Å²) in [5.41, 5.74) is 3.72. The molecule has 1 saturated heterocycles. The lowest BCUT2D eigenvalue weighted by molar-refractivity contribution is 0.0753. The van der Waals surface area contributed by atoms with Crippen molar-refractivity contribution in [2.75, 3.05) is 18.5 Å². The summed E-state index contributed by atoms with van der Waals surface area (Å²) in [5.74, 6) is 6.79. The Labute approximate surface area is 120 Å². The Kier molecular flexibility index (Phi) is 4.95. The number of nitrogens with two attached hydrogens (primary N) is 1. The van der Waals surface area contributed by atoms with E-state index >= 15 is 0 Å². The normalized spacial score (nSPS) is 19.8. The van der Waals surface area contributed by atoms with E-state index in [2.05, 4.69) is 24.3 Å². The second-order valence-electron chi connectivity index (χ2n) is 5.80. The zero-order valence-corrected chi connectivity index (χ0v) is 12.3. The highest BCUT2D eigenvalue weighted by molar-refractivity contribution is 5.93. The molecular formula is C15H24N4O. The molecule has 0 spiro atoms. The van der Waals surface area contributed by atoms with Gasteiger partial charge < -0.3 is 10.3 Å². The lowest BCUT2D eigenvalue weighted by atomic mass is 9.89. The minimum atomic E-state index is 0.00602. The Morgan fingerprint density at radius 3 is 2.95 bits per heavy atom. The molecule has 0 aromatic carbocycles. The third kappa shape index (κ3) is 3.48. The number of rotatable bonds is 3. The SMILES string of the molecule is CC(C)C1CCCN(C(=O)c2cc(NN)ccn2)CC1. The van der Waals surface area contributed by atoms with Crippen molar-refractivity contribution in [1.29, 1.82) is 0 Å². The van der Waals surface area contributed by atoms with Crippen LogP contribution in [0.25, 0.3) is 0 Å². The van der Waals surface area contributed by atoms with Crippen molar-refractivity contribution in [3.05, 3.63) is 24.0 Å². The molecule has 0 aliphatic carbocycles. The number of aromatic nitrogens is 1. The van der Waals surface area contributed by atoms with Gasteiger partial charge in [-0.25, -0.2) is 0 Å². The molecule has 3 N–H and O–H groups in total. The fourth-order valence-corrected chi connectivity index (χ4v) is 2.79. The summed E-state index contributed by atoms with van der Waals surface area (Å²) in [4.78, 5) is 18.6. The summed E-state index contributed by atoms with van der Waals surface area (Å²) in [5, 5.41) is 0. The van der Waals surface area contributed by atoms with E-state index in [1.165, 1.54) is 6.42 Å². The number of nitrogens with one attached hydrogen (secondary N) is 1. The Morgan fingerprint density at radius 2 is 2.25 bits per heavy atom. The van der Waals surface area contributed by atoms with Gasteiger partial charge in [0.15, 0.2) is 0 Å². The smallest absolute Gasteiger partial charge is 0.272 e. The quantitative estimate of drug-likeness (QED) is 0.656. The number of carbonyl (C=O) groups is 1. The molecule has 1 aromatic rings. The number of nitrogen functional groups attached to an aromatic ring is 1. The monoisotopic (exact) mass is 276 g/mol. The van der Waals surface area contributed by atoms with Crippen LogP contribution in [-0.2, 0) is 0 Å². The number of nitrogens with zero attached hydrogens (tertiary/aromatic N) is 2. The van der Waals surface area contributed by atoms with Crippen molar-refractivity contribution in [3.63, 3.8) is 0 Å². The van der Waals surface area contributed by atoms with Crippen molar-refractivity contribution in [3.8, 4) is 0 Å². The number of amides is 1. The van der Waals surface area contributed by atoms with Crippen LogP contribution in [0.4, 0.5) is 5.69 Å². The summed E-state index contributed by atoms with van der Waals surface area (Å²) in [6.45, 7) is 6.17.